The molecule has 1 aromatic rings. The standard InChI is InChI=1S/C10H11FN2O3/c1-2-7(10(15)16)13-9(14)6-3-4-12-8(11)5-6/h3-5,7H,2H2,1H3,(H,13,14)(H,15,16)/t7-/m0/s1. The van der Waals surface area contributed by atoms with E-state index in [1.165, 1.54) is 6.07 Å². The molecule has 0 saturated heterocycles. The van der Waals surface area contributed by atoms with E-state index in [1.54, 1.807) is 6.92 Å². The molecule has 0 fully saturated rings. The molecule has 0 aromatic carbocycles. The minimum Gasteiger partial charge on any atom is -0.480 e. The first-order valence-corrected chi connectivity index (χ1v) is 4.69. The molecule has 0 aliphatic rings. The second-order valence-corrected chi connectivity index (χ2v) is 3.14. The molecule has 0 saturated carbocycles. The molecule has 1 rings (SSSR count). The molecule has 1 heterocycles. The molecule has 1 atom stereocenters. The number of aromatic nitrogens is 1. The van der Waals surface area contributed by atoms with E-state index in [-0.39, 0.29) is 12.0 Å². The molecular formula is C10H11FN2O3. The second kappa shape index (κ2) is 5.20. The highest BCUT2D eigenvalue weighted by atomic mass is 19.1. The minimum absolute atomic E-state index is 0.0483. The average molecular weight is 226 g/mol. The lowest BCUT2D eigenvalue weighted by Gasteiger charge is -2.11. The number of nitrogens with one attached hydrogen (secondary N) is 1. The van der Waals surface area contributed by atoms with Gasteiger partial charge in [0.05, 0.1) is 0 Å². The monoisotopic (exact) mass is 226 g/mol. The molecule has 16 heavy (non-hydrogen) atoms. The summed E-state index contributed by atoms with van der Waals surface area (Å²) < 4.78 is 12.7. The molecule has 0 aliphatic heterocycles. The zero-order valence-electron chi connectivity index (χ0n) is 8.61. The third kappa shape index (κ3) is 3.01. The van der Waals surface area contributed by atoms with E-state index in [2.05, 4.69) is 10.3 Å². The first-order chi connectivity index (χ1) is 7.54. The van der Waals surface area contributed by atoms with Crippen LogP contribution in [0.3, 0.4) is 0 Å². The van der Waals surface area contributed by atoms with Gasteiger partial charge in [-0.1, -0.05) is 6.92 Å². The van der Waals surface area contributed by atoms with Gasteiger partial charge >= 0.3 is 5.97 Å². The summed E-state index contributed by atoms with van der Waals surface area (Å²) in [5, 5.41) is 11.0. The van der Waals surface area contributed by atoms with Crippen LogP contribution >= 0.6 is 0 Å². The Hall–Kier alpha value is -1.98. The number of aliphatic carboxylic acids is 1. The summed E-state index contributed by atoms with van der Waals surface area (Å²) in [5.74, 6) is -2.53. The normalized spacial score (nSPS) is 11.9. The lowest BCUT2D eigenvalue weighted by atomic mass is 10.2. The highest BCUT2D eigenvalue weighted by Crippen LogP contribution is 2.01. The van der Waals surface area contributed by atoms with E-state index in [0.717, 1.165) is 12.3 Å². The molecule has 2 N–H and O–H groups in total. The summed E-state index contributed by atoms with van der Waals surface area (Å²) in [4.78, 5) is 25.5. The number of rotatable bonds is 4. The van der Waals surface area contributed by atoms with Crippen LogP contribution in [0, 0.1) is 5.95 Å². The van der Waals surface area contributed by atoms with Crippen molar-refractivity contribution >= 4 is 11.9 Å². The van der Waals surface area contributed by atoms with E-state index < -0.39 is 23.9 Å². The molecule has 6 heteroatoms. The number of nitrogens with zero attached hydrogens (tertiary/aromatic N) is 1. The van der Waals surface area contributed by atoms with E-state index in [1.807, 2.05) is 0 Å². The highest BCUT2D eigenvalue weighted by molar-refractivity contribution is 5.96. The van der Waals surface area contributed by atoms with Gasteiger partial charge in [0, 0.05) is 17.8 Å². The summed E-state index contributed by atoms with van der Waals surface area (Å²) >= 11 is 0. The highest BCUT2D eigenvalue weighted by Gasteiger charge is 2.18. The Bertz CT molecular complexity index is 409. The smallest absolute Gasteiger partial charge is 0.326 e. The van der Waals surface area contributed by atoms with Crippen LogP contribution in [-0.4, -0.2) is 28.0 Å². The molecule has 0 aliphatic carbocycles. The summed E-state index contributed by atoms with van der Waals surface area (Å²) in [6.07, 6.45) is 1.40. The van der Waals surface area contributed by atoms with Crippen molar-refractivity contribution in [3.8, 4) is 0 Å². The first kappa shape index (κ1) is 12.1. The van der Waals surface area contributed by atoms with Crippen molar-refractivity contribution in [3.63, 3.8) is 0 Å². The summed E-state index contributed by atoms with van der Waals surface area (Å²) in [6.45, 7) is 1.63. The van der Waals surface area contributed by atoms with Crippen LogP contribution in [0.1, 0.15) is 23.7 Å². The third-order valence-corrected chi connectivity index (χ3v) is 2.00. The lowest BCUT2D eigenvalue weighted by Crippen LogP contribution is -2.40. The number of carboxylic acids is 1. The molecule has 0 radical (unpaired) electrons. The number of hydrogen-bond donors (Lipinski definition) is 2. The second-order valence-electron chi connectivity index (χ2n) is 3.14. The van der Waals surface area contributed by atoms with Crippen LogP contribution in [0.25, 0.3) is 0 Å². The van der Waals surface area contributed by atoms with Gasteiger partial charge in [0.2, 0.25) is 5.95 Å². The molecule has 1 aromatic heterocycles. The van der Waals surface area contributed by atoms with Crippen LogP contribution in [0.2, 0.25) is 0 Å². The maximum absolute atomic E-state index is 12.7. The number of pyridine rings is 1. The van der Waals surface area contributed by atoms with Gasteiger partial charge in [-0.05, 0) is 12.5 Å². The van der Waals surface area contributed by atoms with Crippen molar-refractivity contribution in [3.05, 3.63) is 29.8 Å². The van der Waals surface area contributed by atoms with Crippen LogP contribution < -0.4 is 5.32 Å². The maximum Gasteiger partial charge on any atom is 0.326 e. The number of hydrogen-bond acceptors (Lipinski definition) is 3. The largest absolute Gasteiger partial charge is 0.480 e. The third-order valence-electron chi connectivity index (χ3n) is 2.00. The van der Waals surface area contributed by atoms with Crippen molar-refractivity contribution in [2.45, 2.75) is 19.4 Å². The van der Waals surface area contributed by atoms with Crippen molar-refractivity contribution in [2.75, 3.05) is 0 Å². The Morgan fingerprint density at radius 1 is 1.62 bits per heavy atom. The van der Waals surface area contributed by atoms with Crippen molar-refractivity contribution in [2.24, 2.45) is 0 Å². The Kier molecular flexibility index (Phi) is 3.93. The SMILES string of the molecule is CC[C@H](NC(=O)c1ccnc(F)c1)C(=O)O. The number of carbonyl (C=O) groups is 2. The van der Waals surface area contributed by atoms with Crippen molar-refractivity contribution < 1.29 is 19.1 Å². The molecule has 86 valence electrons. The molecule has 5 nitrogen and oxygen atoms in total. The number of carbonyl (C=O) groups excluding carboxylic acids is 1. The van der Waals surface area contributed by atoms with Gasteiger partial charge in [-0.25, -0.2) is 9.78 Å². The fourth-order valence-electron chi connectivity index (χ4n) is 1.12. The summed E-state index contributed by atoms with van der Waals surface area (Å²) in [5.41, 5.74) is 0.0483. The van der Waals surface area contributed by atoms with Gasteiger partial charge < -0.3 is 10.4 Å². The van der Waals surface area contributed by atoms with E-state index in [4.69, 9.17) is 5.11 Å². The van der Waals surface area contributed by atoms with Crippen LogP contribution in [0.15, 0.2) is 18.3 Å². The van der Waals surface area contributed by atoms with Gasteiger partial charge in [0.25, 0.3) is 5.91 Å². The Labute approximate surface area is 91.3 Å². The Balaban J connectivity index is 2.75. The fraction of sp³-hybridized carbons (Fsp3) is 0.300. The van der Waals surface area contributed by atoms with Gasteiger partial charge in [0.15, 0.2) is 0 Å². The van der Waals surface area contributed by atoms with Crippen LogP contribution in [0.5, 0.6) is 0 Å². The van der Waals surface area contributed by atoms with Crippen LogP contribution in [0.4, 0.5) is 4.39 Å². The molecular weight excluding hydrogens is 215 g/mol. The van der Waals surface area contributed by atoms with E-state index in [9.17, 15) is 14.0 Å². The van der Waals surface area contributed by atoms with Gasteiger partial charge in [-0.2, -0.15) is 4.39 Å². The maximum atomic E-state index is 12.7. The zero-order valence-corrected chi connectivity index (χ0v) is 8.61. The number of halogens is 1. The lowest BCUT2D eigenvalue weighted by molar-refractivity contribution is -0.139. The zero-order chi connectivity index (χ0) is 12.1. The van der Waals surface area contributed by atoms with E-state index >= 15 is 0 Å². The van der Waals surface area contributed by atoms with Crippen LogP contribution in [-0.2, 0) is 4.79 Å². The Morgan fingerprint density at radius 2 is 2.31 bits per heavy atom. The van der Waals surface area contributed by atoms with E-state index in [0.29, 0.717) is 0 Å². The number of amides is 1. The topological polar surface area (TPSA) is 79.3 Å². The summed E-state index contributed by atoms with van der Waals surface area (Å²) in [6, 6.07) is 1.29. The van der Waals surface area contributed by atoms with Crippen molar-refractivity contribution in [1.29, 1.82) is 0 Å². The molecule has 1 amide bonds. The Morgan fingerprint density at radius 3 is 2.81 bits per heavy atom. The predicted molar refractivity (Wildman–Crippen MR) is 53.4 cm³/mol. The quantitative estimate of drug-likeness (QED) is 0.745. The summed E-state index contributed by atoms with van der Waals surface area (Å²) in [7, 11) is 0. The van der Waals surface area contributed by atoms with Crippen molar-refractivity contribution in [1.82, 2.24) is 10.3 Å². The van der Waals surface area contributed by atoms with Gasteiger partial charge in [-0.3, -0.25) is 4.79 Å². The predicted octanol–water partition coefficient (Wildman–Crippen LogP) is 0.814. The molecule has 0 spiro atoms. The molecule has 0 bridgehead atoms. The van der Waals surface area contributed by atoms with Gasteiger partial charge in [0.1, 0.15) is 6.04 Å². The first-order valence-electron chi connectivity index (χ1n) is 4.69. The average Bonchev–Trinajstić information content (AvgIpc) is 2.25. The molecule has 0 unspecified atom stereocenters. The number of carboxylic acid groups (broad SMARTS) is 1. The van der Waals surface area contributed by atoms with Gasteiger partial charge in [-0.15, -0.1) is 0 Å². The minimum atomic E-state index is -1.12. The fourth-order valence-corrected chi connectivity index (χ4v) is 1.12.